The van der Waals surface area contributed by atoms with Gasteiger partial charge in [0.05, 0.1) is 18.2 Å². The number of pyridine rings is 1. The summed E-state index contributed by atoms with van der Waals surface area (Å²) in [5.74, 6) is 2.49. The van der Waals surface area contributed by atoms with Gasteiger partial charge in [0.15, 0.2) is 5.65 Å². The number of aromatic nitrogens is 3. The van der Waals surface area contributed by atoms with Gasteiger partial charge in [0.25, 0.3) is 0 Å². The van der Waals surface area contributed by atoms with Crippen LogP contribution in [0.25, 0.3) is 22.8 Å². The van der Waals surface area contributed by atoms with E-state index in [0.29, 0.717) is 17.9 Å². The van der Waals surface area contributed by atoms with Crippen LogP contribution in [-0.4, -0.2) is 14.5 Å². The summed E-state index contributed by atoms with van der Waals surface area (Å²) in [6.45, 7) is 6.92. The molecule has 5 nitrogen and oxygen atoms in total. The second-order valence-corrected chi connectivity index (χ2v) is 8.26. The second-order valence-electron chi connectivity index (χ2n) is 8.26. The van der Waals surface area contributed by atoms with Crippen LogP contribution in [0.2, 0.25) is 0 Å². The van der Waals surface area contributed by atoms with Gasteiger partial charge >= 0.3 is 0 Å². The Hall–Kier alpha value is -3.91. The van der Waals surface area contributed by atoms with E-state index in [9.17, 15) is 5.26 Å². The quantitative estimate of drug-likeness (QED) is 0.393. The predicted octanol–water partition coefficient (Wildman–Crippen LogP) is 6.22. The molecule has 0 saturated heterocycles. The predicted molar refractivity (Wildman–Crippen MR) is 127 cm³/mol. The zero-order valence-corrected chi connectivity index (χ0v) is 18.5. The van der Waals surface area contributed by atoms with Crippen LogP contribution in [0.15, 0.2) is 48.5 Å². The molecule has 0 aliphatic carbocycles. The van der Waals surface area contributed by atoms with Crippen LogP contribution in [-0.2, 0) is 13.0 Å². The summed E-state index contributed by atoms with van der Waals surface area (Å²) in [4.78, 5) is 9.72. The molecule has 1 aliphatic heterocycles. The monoisotopic (exact) mass is 420 g/mol. The summed E-state index contributed by atoms with van der Waals surface area (Å²) in [6, 6.07) is 18.3. The van der Waals surface area contributed by atoms with Crippen molar-refractivity contribution < 1.29 is 4.74 Å². The summed E-state index contributed by atoms with van der Waals surface area (Å²) in [6.07, 6.45) is 3.80. The number of ether oxygens (including phenoxy) is 1. The fourth-order valence-corrected chi connectivity index (χ4v) is 4.32. The Balaban J connectivity index is 1.60. The van der Waals surface area contributed by atoms with Crippen molar-refractivity contribution in [2.24, 2.45) is 0 Å². The van der Waals surface area contributed by atoms with Gasteiger partial charge in [-0.25, -0.2) is 9.97 Å². The molecule has 0 atom stereocenters. The van der Waals surface area contributed by atoms with Crippen LogP contribution in [0.1, 0.15) is 47.1 Å². The molecule has 0 amide bonds. The summed E-state index contributed by atoms with van der Waals surface area (Å²) in [5, 5.41) is 9.74. The van der Waals surface area contributed by atoms with Gasteiger partial charge in [0, 0.05) is 23.2 Å². The minimum absolute atomic E-state index is 0.601. The standard InChI is InChI=1S/C27H24N4O/c1-4-7-25-30-26-17(2)12-18(3)29-27(26)31(25)16-19-10-11-22-21(15-28)14-20-8-5-6-9-23(20)32-24(22)13-19/h5-6,8-14H,4,7,16H2,1-3H3. The number of aryl methyl sites for hydroxylation is 3. The largest absolute Gasteiger partial charge is 0.456 e. The van der Waals surface area contributed by atoms with Gasteiger partial charge in [-0.15, -0.1) is 0 Å². The number of imidazole rings is 1. The van der Waals surface area contributed by atoms with Gasteiger partial charge in [-0.2, -0.15) is 5.26 Å². The molecular weight excluding hydrogens is 396 g/mol. The van der Waals surface area contributed by atoms with E-state index in [-0.39, 0.29) is 0 Å². The van der Waals surface area contributed by atoms with Crippen LogP contribution >= 0.6 is 0 Å². The SMILES string of the molecule is CCCc1nc2c(C)cc(C)nc2n1Cc1ccc2c(c1)Oc1ccccc1C=C2C#N. The summed E-state index contributed by atoms with van der Waals surface area (Å²) in [7, 11) is 0. The maximum atomic E-state index is 9.74. The first-order chi connectivity index (χ1) is 15.6. The zero-order valence-electron chi connectivity index (χ0n) is 18.5. The van der Waals surface area contributed by atoms with E-state index >= 15 is 0 Å². The van der Waals surface area contributed by atoms with Crippen molar-refractivity contribution in [1.29, 1.82) is 5.26 Å². The Bertz CT molecular complexity index is 1420. The van der Waals surface area contributed by atoms with Crippen molar-refractivity contribution in [3.05, 3.63) is 82.3 Å². The number of hydrogen-bond donors (Lipinski definition) is 0. The highest BCUT2D eigenvalue weighted by Crippen LogP contribution is 2.38. The highest BCUT2D eigenvalue weighted by atomic mass is 16.5. The van der Waals surface area contributed by atoms with Crippen molar-refractivity contribution in [2.75, 3.05) is 0 Å². The van der Waals surface area contributed by atoms with E-state index in [0.717, 1.165) is 63.5 Å². The molecule has 2 aromatic heterocycles. The Kier molecular flexibility index (Phi) is 4.99. The molecule has 0 saturated carbocycles. The number of fused-ring (bicyclic) bond motifs is 3. The number of hydrogen-bond acceptors (Lipinski definition) is 4. The summed E-state index contributed by atoms with van der Waals surface area (Å²) >= 11 is 0. The number of benzene rings is 2. The maximum Gasteiger partial charge on any atom is 0.160 e. The van der Waals surface area contributed by atoms with E-state index in [2.05, 4.69) is 36.6 Å². The minimum atomic E-state index is 0.601. The molecule has 0 N–H and O–H groups in total. The van der Waals surface area contributed by atoms with E-state index in [1.165, 1.54) is 0 Å². The average molecular weight is 421 g/mol. The van der Waals surface area contributed by atoms with Crippen LogP contribution in [0.5, 0.6) is 11.5 Å². The molecule has 158 valence electrons. The summed E-state index contributed by atoms with van der Waals surface area (Å²) in [5.41, 5.74) is 7.42. The smallest absolute Gasteiger partial charge is 0.160 e. The van der Waals surface area contributed by atoms with Crippen molar-refractivity contribution in [3.8, 4) is 17.6 Å². The van der Waals surface area contributed by atoms with Crippen LogP contribution in [0.3, 0.4) is 0 Å². The van der Waals surface area contributed by atoms with Gasteiger partial charge in [-0.3, -0.25) is 0 Å². The molecule has 0 radical (unpaired) electrons. The third-order valence-corrected chi connectivity index (χ3v) is 5.81. The Morgan fingerprint density at radius 2 is 1.88 bits per heavy atom. The third kappa shape index (κ3) is 3.44. The molecule has 0 fully saturated rings. The molecule has 1 aliphatic rings. The van der Waals surface area contributed by atoms with Crippen LogP contribution in [0, 0.1) is 25.2 Å². The minimum Gasteiger partial charge on any atom is -0.456 e. The Labute approximate surface area is 187 Å². The van der Waals surface area contributed by atoms with E-state index in [1.807, 2.05) is 49.4 Å². The number of allylic oxidation sites excluding steroid dienone is 1. The molecule has 0 bridgehead atoms. The lowest BCUT2D eigenvalue weighted by Crippen LogP contribution is -2.07. The molecule has 32 heavy (non-hydrogen) atoms. The maximum absolute atomic E-state index is 9.74. The number of para-hydroxylation sites is 1. The normalized spacial score (nSPS) is 12.4. The lowest BCUT2D eigenvalue weighted by atomic mass is 10.0. The van der Waals surface area contributed by atoms with Crippen molar-refractivity contribution >= 4 is 22.8 Å². The van der Waals surface area contributed by atoms with Gasteiger partial charge in [0.1, 0.15) is 22.8 Å². The topological polar surface area (TPSA) is 63.7 Å². The molecule has 2 aromatic carbocycles. The highest BCUT2D eigenvalue weighted by molar-refractivity contribution is 5.94. The Morgan fingerprint density at radius 1 is 1.03 bits per heavy atom. The molecule has 4 aromatic rings. The molecule has 0 spiro atoms. The molecular formula is C27H24N4O. The number of nitriles is 1. The fourth-order valence-electron chi connectivity index (χ4n) is 4.32. The van der Waals surface area contributed by atoms with E-state index in [1.54, 1.807) is 0 Å². The fraction of sp³-hybridized carbons (Fsp3) is 0.222. The van der Waals surface area contributed by atoms with Gasteiger partial charge < -0.3 is 9.30 Å². The van der Waals surface area contributed by atoms with Crippen LogP contribution in [0.4, 0.5) is 0 Å². The molecule has 5 rings (SSSR count). The third-order valence-electron chi connectivity index (χ3n) is 5.81. The van der Waals surface area contributed by atoms with E-state index in [4.69, 9.17) is 14.7 Å². The first-order valence-corrected chi connectivity index (χ1v) is 10.9. The van der Waals surface area contributed by atoms with Crippen LogP contribution < -0.4 is 4.74 Å². The van der Waals surface area contributed by atoms with Gasteiger partial charge in [-0.05, 0) is 61.7 Å². The Morgan fingerprint density at radius 3 is 2.69 bits per heavy atom. The van der Waals surface area contributed by atoms with Crippen molar-refractivity contribution in [3.63, 3.8) is 0 Å². The first-order valence-electron chi connectivity index (χ1n) is 10.9. The van der Waals surface area contributed by atoms with Gasteiger partial charge in [0.2, 0.25) is 0 Å². The number of nitrogens with zero attached hydrogens (tertiary/aromatic N) is 4. The number of rotatable bonds is 4. The highest BCUT2D eigenvalue weighted by Gasteiger charge is 2.19. The van der Waals surface area contributed by atoms with Gasteiger partial charge in [-0.1, -0.05) is 31.2 Å². The second kappa shape index (κ2) is 7.97. The lowest BCUT2D eigenvalue weighted by Gasteiger charge is -2.13. The summed E-state index contributed by atoms with van der Waals surface area (Å²) < 4.78 is 8.47. The molecule has 0 unspecified atom stereocenters. The molecule has 5 heteroatoms. The first kappa shape index (κ1) is 20.0. The lowest BCUT2D eigenvalue weighted by molar-refractivity contribution is 0.480. The molecule has 3 heterocycles. The average Bonchev–Trinajstić information content (AvgIpc) is 3.02. The zero-order chi connectivity index (χ0) is 22.2. The van der Waals surface area contributed by atoms with E-state index < -0.39 is 0 Å². The van der Waals surface area contributed by atoms with Crippen molar-refractivity contribution in [1.82, 2.24) is 14.5 Å². The van der Waals surface area contributed by atoms with Crippen molar-refractivity contribution in [2.45, 2.75) is 40.2 Å².